The van der Waals surface area contributed by atoms with Crippen molar-refractivity contribution in [2.75, 3.05) is 23.9 Å². The van der Waals surface area contributed by atoms with E-state index in [9.17, 15) is 14.5 Å². The number of rotatable bonds is 3. The fourth-order valence-corrected chi connectivity index (χ4v) is 2.39. The summed E-state index contributed by atoms with van der Waals surface area (Å²) in [4.78, 5) is 12.2. The molecule has 2 aromatic rings. The third-order valence-electron chi connectivity index (χ3n) is 3.38. The van der Waals surface area contributed by atoms with Crippen LogP contribution in [0.1, 0.15) is 5.56 Å². The molecule has 0 radical (unpaired) electrons. The zero-order valence-corrected chi connectivity index (χ0v) is 14.1. The number of anilines is 1. The number of halogens is 2. The van der Waals surface area contributed by atoms with Crippen molar-refractivity contribution < 1.29 is 14.1 Å². The van der Waals surface area contributed by atoms with Crippen molar-refractivity contribution >= 4 is 27.3 Å². The topological polar surface area (TPSA) is 55.6 Å². The van der Waals surface area contributed by atoms with E-state index in [1.54, 1.807) is 0 Å². The molecule has 0 unspecified atom stereocenters. The van der Waals surface area contributed by atoms with Gasteiger partial charge in [-0.25, -0.2) is 4.39 Å². The molecule has 1 aliphatic heterocycles. The summed E-state index contributed by atoms with van der Waals surface area (Å²) in [5, 5.41) is 10.9. The summed E-state index contributed by atoms with van der Waals surface area (Å²) in [5.74, 6) is 1.20. The molecule has 0 saturated heterocycles. The van der Waals surface area contributed by atoms with Gasteiger partial charge in [-0.2, -0.15) is 0 Å². The van der Waals surface area contributed by atoms with E-state index in [0.29, 0.717) is 25.4 Å². The first-order valence-corrected chi connectivity index (χ1v) is 8.51. The second-order valence-corrected chi connectivity index (χ2v) is 4.79. The normalized spacial score (nSPS) is 12.6. The molecule has 23 heavy (non-hydrogen) atoms. The van der Waals surface area contributed by atoms with Crippen molar-refractivity contribution in [3.8, 4) is 5.75 Å². The molecule has 0 amide bonds. The average molecular weight is 383 g/mol. The van der Waals surface area contributed by atoms with Crippen LogP contribution in [0.2, 0.25) is 0 Å². The predicted molar refractivity (Wildman–Crippen MR) is 90.9 cm³/mol. The van der Waals surface area contributed by atoms with Gasteiger partial charge in [0.25, 0.3) is 5.69 Å². The van der Waals surface area contributed by atoms with Gasteiger partial charge < -0.3 is 9.64 Å². The average Bonchev–Trinajstić information content (AvgIpc) is 2.58. The van der Waals surface area contributed by atoms with E-state index in [-0.39, 0.29) is 11.4 Å². The lowest BCUT2D eigenvalue weighted by atomic mass is 10.1. The summed E-state index contributed by atoms with van der Waals surface area (Å²) in [5.41, 5.74) is 1.21. The Bertz CT molecular complexity index is 683. The van der Waals surface area contributed by atoms with E-state index in [2.05, 4.69) is 15.9 Å². The summed E-state index contributed by atoms with van der Waals surface area (Å²) >= 11 is 2.94. The number of hydrogen-bond acceptors (Lipinski definition) is 4. The number of non-ortho nitro benzene ring substituents is 1. The Balaban J connectivity index is 0.000000924. The molecular weight excluding hydrogens is 367 g/mol. The van der Waals surface area contributed by atoms with E-state index in [0.717, 1.165) is 11.6 Å². The van der Waals surface area contributed by atoms with Gasteiger partial charge in [-0.15, -0.1) is 0 Å². The van der Waals surface area contributed by atoms with Crippen LogP contribution in [0, 0.1) is 15.9 Å². The standard InChI is InChI=1S/C15H13FN2O3.CH3Br/c16-13-8-12(18(19)20)9-14-15(13)21-7-6-17(14)10-11-4-2-1-3-5-11;1-2/h1-5,8-9H,6-7,10H2;1H3. The first-order valence-electron chi connectivity index (χ1n) is 6.92. The number of ether oxygens (including phenoxy) is 1. The van der Waals surface area contributed by atoms with Gasteiger partial charge >= 0.3 is 0 Å². The van der Waals surface area contributed by atoms with Crippen molar-refractivity contribution in [1.29, 1.82) is 0 Å². The third-order valence-corrected chi connectivity index (χ3v) is 3.38. The van der Waals surface area contributed by atoms with Crippen molar-refractivity contribution in [2.24, 2.45) is 0 Å². The van der Waals surface area contributed by atoms with Gasteiger partial charge in [0.15, 0.2) is 11.6 Å². The number of alkyl halides is 1. The molecule has 0 aliphatic carbocycles. The maximum atomic E-state index is 13.9. The molecule has 0 bridgehead atoms. The van der Waals surface area contributed by atoms with Crippen molar-refractivity contribution in [3.05, 3.63) is 64.0 Å². The highest BCUT2D eigenvalue weighted by atomic mass is 79.9. The van der Waals surface area contributed by atoms with Crippen LogP contribution in [-0.2, 0) is 6.54 Å². The van der Waals surface area contributed by atoms with Crippen LogP contribution >= 0.6 is 15.9 Å². The Morgan fingerprint density at radius 3 is 2.65 bits per heavy atom. The maximum Gasteiger partial charge on any atom is 0.274 e. The maximum absolute atomic E-state index is 13.9. The number of nitro groups is 1. The molecule has 1 heterocycles. The minimum atomic E-state index is -0.697. The minimum absolute atomic E-state index is 0.0859. The first-order chi connectivity index (χ1) is 11.1. The lowest BCUT2D eigenvalue weighted by Crippen LogP contribution is -2.32. The SMILES string of the molecule is CBr.O=[N+]([O-])c1cc(F)c2c(c1)N(Cc1ccccc1)CCO2. The fourth-order valence-electron chi connectivity index (χ4n) is 2.39. The molecule has 0 atom stereocenters. The molecule has 3 rings (SSSR count). The number of hydrogen-bond donors (Lipinski definition) is 0. The zero-order valence-electron chi connectivity index (χ0n) is 12.5. The Hall–Kier alpha value is -2.15. The molecule has 0 spiro atoms. The molecule has 0 N–H and O–H groups in total. The molecule has 2 aromatic carbocycles. The molecule has 1 aliphatic rings. The number of nitrogens with zero attached hydrogens (tertiary/aromatic N) is 2. The van der Waals surface area contributed by atoms with Crippen LogP contribution in [0.4, 0.5) is 15.8 Å². The summed E-state index contributed by atoms with van der Waals surface area (Å²) < 4.78 is 19.3. The minimum Gasteiger partial charge on any atom is -0.486 e. The molecule has 122 valence electrons. The largest absolute Gasteiger partial charge is 0.486 e. The second kappa shape index (κ2) is 7.92. The number of fused-ring (bicyclic) bond motifs is 1. The highest BCUT2D eigenvalue weighted by Crippen LogP contribution is 2.38. The van der Waals surface area contributed by atoms with Gasteiger partial charge in [0.2, 0.25) is 0 Å². The van der Waals surface area contributed by atoms with E-state index in [1.807, 2.05) is 41.1 Å². The third kappa shape index (κ3) is 3.98. The fraction of sp³-hybridized carbons (Fsp3) is 0.250. The van der Waals surface area contributed by atoms with Crippen molar-refractivity contribution in [1.82, 2.24) is 0 Å². The van der Waals surface area contributed by atoms with Gasteiger partial charge in [0.05, 0.1) is 23.2 Å². The second-order valence-electron chi connectivity index (χ2n) is 4.79. The Morgan fingerprint density at radius 2 is 2.00 bits per heavy atom. The first kappa shape index (κ1) is 17.2. The summed E-state index contributed by atoms with van der Waals surface area (Å²) in [6, 6.07) is 11.9. The quantitative estimate of drug-likeness (QED) is 0.454. The van der Waals surface area contributed by atoms with Gasteiger partial charge in [-0.05, 0) is 11.4 Å². The molecule has 7 heteroatoms. The molecule has 5 nitrogen and oxygen atoms in total. The van der Waals surface area contributed by atoms with Crippen LogP contribution in [0.5, 0.6) is 5.75 Å². The molecule has 0 aromatic heterocycles. The Labute approximate surface area is 142 Å². The Morgan fingerprint density at radius 1 is 1.30 bits per heavy atom. The van der Waals surface area contributed by atoms with Crippen LogP contribution < -0.4 is 9.64 Å². The van der Waals surface area contributed by atoms with E-state index < -0.39 is 10.7 Å². The highest BCUT2D eigenvalue weighted by molar-refractivity contribution is 9.08. The van der Waals surface area contributed by atoms with Crippen LogP contribution in [0.3, 0.4) is 0 Å². The lowest BCUT2D eigenvalue weighted by Gasteiger charge is -2.31. The summed E-state index contributed by atoms with van der Waals surface area (Å²) in [7, 11) is 0. The number of benzene rings is 2. The molecular formula is C16H16BrFN2O3. The van der Waals surface area contributed by atoms with Gasteiger partial charge in [-0.1, -0.05) is 46.3 Å². The summed E-state index contributed by atoms with van der Waals surface area (Å²) in [6.45, 7) is 1.47. The Kier molecular flexibility index (Phi) is 5.92. The zero-order chi connectivity index (χ0) is 16.8. The van der Waals surface area contributed by atoms with Crippen LogP contribution in [0.25, 0.3) is 0 Å². The van der Waals surface area contributed by atoms with E-state index >= 15 is 0 Å². The number of nitro benzene ring substituents is 1. The predicted octanol–water partition coefficient (Wildman–Crippen LogP) is 4.14. The van der Waals surface area contributed by atoms with Crippen LogP contribution in [-0.4, -0.2) is 23.9 Å². The smallest absolute Gasteiger partial charge is 0.274 e. The highest BCUT2D eigenvalue weighted by Gasteiger charge is 2.25. The summed E-state index contributed by atoms with van der Waals surface area (Å²) in [6.07, 6.45) is 0. The van der Waals surface area contributed by atoms with E-state index in [4.69, 9.17) is 4.74 Å². The molecule has 0 saturated carbocycles. The van der Waals surface area contributed by atoms with Crippen molar-refractivity contribution in [2.45, 2.75) is 6.54 Å². The van der Waals surface area contributed by atoms with Gasteiger partial charge in [-0.3, -0.25) is 10.1 Å². The molecule has 0 fully saturated rings. The van der Waals surface area contributed by atoms with Gasteiger partial charge in [0, 0.05) is 12.6 Å². The van der Waals surface area contributed by atoms with E-state index in [1.165, 1.54) is 6.07 Å². The monoisotopic (exact) mass is 382 g/mol. The van der Waals surface area contributed by atoms with Gasteiger partial charge in [0.1, 0.15) is 6.61 Å². The lowest BCUT2D eigenvalue weighted by molar-refractivity contribution is -0.385. The van der Waals surface area contributed by atoms with Crippen LogP contribution in [0.15, 0.2) is 42.5 Å². The van der Waals surface area contributed by atoms with Crippen molar-refractivity contribution in [3.63, 3.8) is 0 Å².